The Balaban J connectivity index is 2.02. The molecule has 0 radical (unpaired) electrons. The first kappa shape index (κ1) is 18.4. The summed E-state index contributed by atoms with van der Waals surface area (Å²) >= 11 is 0. The molecule has 1 aliphatic heterocycles. The lowest BCUT2D eigenvalue weighted by Gasteiger charge is -2.28. The van der Waals surface area contributed by atoms with Crippen molar-refractivity contribution in [1.29, 1.82) is 0 Å². The molecule has 0 saturated heterocycles. The van der Waals surface area contributed by atoms with E-state index in [1.165, 1.54) is 18.4 Å². The summed E-state index contributed by atoms with van der Waals surface area (Å²) in [6, 6.07) is 13.1. The van der Waals surface area contributed by atoms with Gasteiger partial charge in [-0.2, -0.15) is 0 Å². The molecular formula is C21H19NO5. The van der Waals surface area contributed by atoms with Gasteiger partial charge in [0.2, 0.25) is 0 Å². The van der Waals surface area contributed by atoms with Gasteiger partial charge < -0.3 is 9.47 Å². The summed E-state index contributed by atoms with van der Waals surface area (Å²) in [5.74, 6) is -1.35. The molecule has 0 fully saturated rings. The molecule has 2 aromatic carbocycles. The van der Waals surface area contributed by atoms with Crippen molar-refractivity contribution in [2.24, 2.45) is 0 Å². The van der Waals surface area contributed by atoms with Crippen molar-refractivity contribution in [3.8, 4) is 0 Å². The normalized spacial score (nSPS) is 14.9. The van der Waals surface area contributed by atoms with E-state index in [1.54, 1.807) is 43.3 Å². The predicted octanol–water partition coefficient (Wildman–Crippen LogP) is 3.43. The highest BCUT2D eigenvalue weighted by Gasteiger charge is 2.36. The lowest BCUT2D eigenvalue weighted by atomic mass is 9.94. The summed E-state index contributed by atoms with van der Waals surface area (Å²) in [6.45, 7) is 4.21. The van der Waals surface area contributed by atoms with Crippen LogP contribution in [0.15, 0.2) is 54.8 Å². The minimum absolute atomic E-state index is 0.270. The summed E-state index contributed by atoms with van der Waals surface area (Å²) in [5, 5.41) is 0. The number of nitrogens with zero attached hydrogens (tertiary/aromatic N) is 1. The van der Waals surface area contributed by atoms with Crippen molar-refractivity contribution in [2.45, 2.75) is 13.8 Å². The molecular weight excluding hydrogens is 346 g/mol. The molecule has 0 atom stereocenters. The number of amides is 2. The molecule has 6 heteroatoms. The average Bonchev–Trinajstić information content (AvgIpc) is 2.69. The molecule has 138 valence electrons. The van der Waals surface area contributed by atoms with Crippen molar-refractivity contribution < 1.29 is 23.9 Å². The summed E-state index contributed by atoms with van der Waals surface area (Å²) in [4.78, 5) is 38.8. The number of anilines is 1. The van der Waals surface area contributed by atoms with Gasteiger partial charge in [0.25, 0.3) is 11.8 Å². The third kappa shape index (κ3) is 3.46. The number of hydrogen-bond donors (Lipinski definition) is 0. The van der Waals surface area contributed by atoms with Gasteiger partial charge in [-0.3, -0.25) is 9.59 Å². The highest BCUT2D eigenvalue weighted by atomic mass is 16.5. The van der Waals surface area contributed by atoms with Crippen LogP contribution < -0.4 is 4.90 Å². The second-order valence-electron chi connectivity index (χ2n) is 5.75. The van der Waals surface area contributed by atoms with Crippen LogP contribution in [0.25, 0.3) is 5.57 Å². The number of imide groups is 1. The van der Waals surface area contributed by atoms with Crippen LogP contribution in [-0.2, 0) is 14.3 Å². The van der Waals surface area contributed by atoms with Crippen molar-refractivity contribution in [3.05, 3.63) is 71.5 Å². The lowest BCUT2D eigenvalue weighted by Crippen LogP contribution is -2.41. The molecule has 0 saturated carbocycles. The topological polar surface area (TPSA) is 72.9 Å². The zero-order valence-corrected chi connectivity index (χ0v) is 15.1. The zero-order chi connectivity index (χ0) is 19.4. The molecule has 0 aliphatic carbocycles. The first-order valence-electron chi connectivity index (χ1n) is 8.65. The molecule has 6 nitrogen and oxygen atoms in total. The van der Waals surface area contributed by atoms with Gasteiger partial charge in [0, 0.05) is 11.1 Å². The number of benzene rings is 2. The molecule has 2 amide bonds. The highest BCUT2D eigenvalue weighted by molar-refractivity contribution is 6.40. The Morgan fingerprint density at radius 2 is 1.59 bits per heavy atom. The van der Waals surface area contributed by atoms with Crippen LogP contribution in [0, 0.1) is 0 Å². The van der Waals surface area contributed by atoms with Crippen LogP contribution in [-0.4, -0.2) is 31.0 Å². The fourth-order valence-corrected chi connectivity index (χ4v) is 2.83. The van der Waals surface area contributed by atoms with Crippen LogP contribution in [0.4, 0.5) is 5.69 Å². The van der Waals surface area contributed by atoms with Gasteiger partial charge in [-0.25, -0.2) is 9.69 Å². The van der Waals surface area contributed by atoms with Crippen molar-refractivity contribution >= 4 is 29.0 Å². The Bertz CT molecular complexity index is 914. The number of carbonyl (C=O) groups is 3. The maximum atomic E-state index is 13.0. The zero-order valence-electron chi connectivity index (χ0n) is 15.1. The molecule has 1 aliphatic rings. The first-order chi connectivity index (χ1) is 13.1. The molecule has 27 heavy (non-hydrogen) atoms. The number of hydrogen-bond acceptors (Lipinski definition) is 5. The number of esters is 1. The predicted molar refractivity (Wildman–Crippen MR) is 100 cm³/mol. The Labute approximate surface area is 157 Å². The number of carbonyl (C=O) groups excluding carboxylic acids is 3. The van der Waals surface area contributed by atoms with E-state index in [2.05, 4.69) is 0 Å². The van der Waals surface area contributed by atoms with E-state index in [0.29, 0.717) is 34.6 Å². The second-order valence-corrected chi connectivity index (χ2v) is 5.75. The van der Waals surface area contributed by atoms with E-state index in [-0.39, 0.29) is 6.61 Å². The Morgan fingerprint density at radius 1 is 0.926 bits per heavy atom. The maximum Gasteiger partial charge on any atom is 0.338 e. The second kappa shape index (κ2) is 7.86. The minimum atomic E-state index is -0.476. The average molecular weight is 365 g/mol. The van der Waals surface area contributed by atoms with Gasteiger partial charge in [-0.15, -0.1) is 0 Å². The highest BCUT2D eigenvalue weighted by Crippen LogP contribution is 2.32. The number of rotatable bonds is 5. The van der Waals surface area contributed by atoms with Gasteiger partial charge in [0.05, 0.1) is 36.3 Å². The van der Waals surface area contributed by atoms with E-state index in [4.69, 9.17) is 9.47 Å². The third-order valence-electron chi connectivity index (χ3n) is 4.09. The Hall–Kier alpha value is -3.41. The fourth-order valence-electron chi connectivity index (χ4n) is 2.83. The largest absolute Gasteiger partial charge is 0.501 e. The van der Waals surface area contributed by atoms with Gasteiger partial charge >= 0.3 is 5.97 Å². The van der Waals surface area contributed by atoms with E-state index in [0.717, 1.165) is 4.90 Å². The van der Waals surface area contributed by atoms with Crippen molar-refractivity contribution in [1.82, 2.24) is 0 Å². The number of fused-ring (bicyclic) bond motifs is 1. The third-order valence-corrected chi connectivity index (χ3v) is 4.09. The van der Waals surface area contributed by atoms with Crippen LogP contribution in [0.2, 0.25) is 0 Å². The molecule has 3 rings (SSSR count). The SMILES string of the molecule is CCO/C=C1\C(=O)N(c2ccc(C(=O)OCC)cc2)C(=O)c2ccccc21. The van der Waals surface area contributed by atoms with Crippen molar-refractivity contribution in [3.63, 3.8) is 0 Å². The maximum absolute atomic E-state index is 13.0. The smallest absolute Gasteiger partial charge is 0.338 e. The standard InChI is InChI=1S/C21H19NO5/c1-3-26-13-18-16-7-5-6-8-17(16)19(23)22(20(18)24)15-11-9-14(10-12-15)21(25)27-4-2/h5-13H,3-4H2,1-2H3/b18-13-. The van der Waals surface area contributed by atoms with E-state index >= 15 is 0 Å². The summed E-state index contributed by atoms with van der Waals surface area (Å²) in [5.41, 5.74) is 1.98. The summed E-state index contributed by atoms with van der Waals surface area (Å²) < 4.78 is 10.3. The van der Waals surface area contributed by atoms with Gasteiger partial charge in [-0.1, -0.05) is 18.2 Å². The first-order valence-corrected chi connectivity index (χ1v) is 8.65. The van der Waals surface area contributed by atoms with Crippen LogP contribution in [0.3, 0.4) is 0 Å². The molecule has 0 aromatic heterocycles. The van der Waals surface area contributed by atoms with Crippen LogP contribution >= 0.6 is 0 Å². The summed E-state index contributed by atoms with van der Waals surface area (Å²) in [7, 11) is 0. The van der Waals surface area contributed by atoms with E-state index in [9.17, 15) is 14.4 Å². The van der Waals surface area contributed by atoms with E-state index < -0.39 is 17.8 Å². The quantitative estimate of drug-likeness (QED) is 0.351. The molecule has 0 unspecified atom stereocenters. The van der Waals surface area contributed by atoms with Crippen molar-refractivity contribution in [2.75, 3.05) is 18.1 Å². The molecule has 0 bridgehead atoms. The fraction of sp³-hybridized carbons (Fsp3) is 0.190. The summed E-state index contributed by atoms with van der Waals surface area (Å²) in [6.07, 6.45) is 1.38. The van der Waals surface area contributed by atoms with Gasteiger partial charge in [0.15, 0.2) is 0 Å². The molecule has 1 heterocycles. The van der Waals surface area contributed by atoms with Gasteiger partial charge in [0.1, 0.15) is 0 Å². The number of ether oxygens (including phenoxy) is 2. The Kier molecular flexibility index (Phi) is 5.35. The monoisotopic (exact) mass is 365 g/mol. The lowest BCUT2D eigenvalue weighted by molar-refractivity contribution is -0.113. The van der Waals surface area contributed by atoms with Crippen LogP contribution in [0.5, 0.6) is 0 Å². The molecule has 0 N–H and O–H groups in total. The van der Waals surface area contributed by atoms with Gasteiger partial charge in [-0.05, 0) is 44.2 Å². The Morgan fingerprint density at radius 3 is 2.22 bits per heavy atom. The molecule has 0 spiro atoms. The molecule has 2 aromatic rings. The minimum Gasteiger partial charge on any atom is -0.501 e. The van der Waals surface area contributed by atoms with Crippen LogP contribution in [0.1, 0.15) is 40.1 Å². The van der Waals surface area contributed by atoms with E-state index in [1.807, 2.05) is 6.92 Å².